The number of likely N-dealkylation sites (tertiary alicyclic amines) is 1. The average molecular weight is 496 g/mol. The standard InChI is InChI=1S/C29H29N5O3/c1-37-25-14-12-21(13-15-25)27-26(20-34(32-27)24-10-6-3-7-11-24)28(35)33-18-16-23(17-19-33)31-29(36)30-22-8-4-2-5-9-22/h2-15,20,23H,16-19H2,1H3,(H2,30,31,36). The third-order valence-electron chi connectivity index (χ3n) is 6.48. The molecule has 1 saturated heterocycles. The van der Waals surface area contributed by atoms with Crippen LogP contribution in [0.4, 0.5) is 10.5 Å². The predicted molar refractivity (Wildman–Crippen MR) is 143 cm³/mol. The highest BCUT2D eigenvalue weighted by molar-refractivity contribution is 6.00. The van der Waals surface area contributed by atoms with E-state index >= 15 is 0 Å². The third kappa shape index (κ3) is 5.64. The molecule has 188 valence electrons. The van der Waals surface area contributed by atoms with E-state index in [9.17, 15) is 9.59 Å². The van der Waals surface area contributed by atoms with Crippen molar-refractivity contribution in [1.29, 1.82) is 0 Å². The molecule has 5 rings (SSSR count). The van der Waals surface area contributed by atoms with Crippen LogP contribution >= 0.6 is 0 Å². The van der Waals surface area contributed by atoms with Crippen LogP contribution in [0.5, 0.6) is 5.75 Å². The van der Waals surface area contributed by atoms with E-state index in [0.717, 1.165) is 22.7 Å². The first kappa shape index (κ1) is 24.1. The summed E-state index contributed by atoms with van der Waals surface area (Å²) in [5.41, 5.74) is 3.63. The molecule has 8 nitrogen and oxygen atoms in total. The highest BCUT2D eigenvalue weighted by Crippen LogP contribution is 2.28. The number of urea groups is 1. The largest absolute Gasteiger partial charge is 0.497 e. The zero-order chi connectivity index (χ0) is 25.6. The lowest BCUT2D eigenvalue weighted by Crippen LogP contribution is -2.47. The Balaban J connectivity index is 1.30. The molecule has 1 aliphatic heterocycles. The molecule has 8 heteroatoms. The Bertz CT molecular complexity index is 1350. The van der Waals surface area contributed by atoms with Gasteiger partial charge in [-0.15, -0.1) is 0 Å². The maximum absolute atomic E-state index is 13.7. The van der Waals surface area contributed by atoms with Crippen molar-refractivity contribution in [2.75, 3.05) is 25.5 Å². The van der Waals surface area contributed by atoms with E-state index < -0.39 is 0 Å². The molecule has 37 heavy (non-hydrogen) atoms. The first-order chi connectivity index (χ1) is 18.1. The fourth-order valence-electron chi connectivity index (χ4n) is 4.48. The molecule has 4 aromatic rings. The van der Waals surface area contributed by atoms with Crippen LogP contribution in [0, 0.1) is 0 Å². The summed E-state index contributed by atoms with van der Waals surface area (Å²) in [5, 5.41) is 10.7. The highest BCUT2D eigenvalue weighted by Gasteiger charge is 2.28. The fraction of sp³-hybridized carbons (Fsp3) is 0.207. The van der Waals surface area contributed by atoms with Gasteiger partial charge in [-0.3, -0.25) is 4.79 Å². The lowest BCUT2D eigenvalue weighted by atomic mass is 10.0. The molecule has 0 saturated carbocycles. The number of benzene rings is 3. The third-order valence-corrected chi connectivity index (χ3v) is 6.48. The summed E-state index contributed by atoms with van der Waals surface area (Å²) in [6.45, 7) is 1.10. The van der Waals surface area contributed by atoms with Gasteiger partial charge in [-0.1, -0.05) is 36.4 Å². The van der Waals surface area contributed by atoms with Crippen molar-refractivity contribution >= 4 is 17.6 Å². The number of carbonyl (C=O) groups is 2. The minimum Gasteiger partial charge on any atom is -0.497 e. The van der Waals surface area contributed by atoms with Gasteiger partial charge in [-0.05, 0) is 61.4 Å². The summed E-state index contributed by atoms with van der Waals surface area (Å²) >= 11 is 0. The van der Waals surface area contributed by atoms with E-state index in [1.165, 1.54) is 0 Å². The Kier molecular flexibility index (Phi) is 7.16. The van der Waals surface area contributed by atoms with Crippen LogP contribution in [0.3, 0.4) is 0 Å². The van der Waals surface area contributed by atoms with Crippen molar-refractivity contribution in [2.24, 2.45) is 0 Å². The molecule has 0 spiro atoms. The van der Waals surface area contributed by atoms with Crippen molar-refractivity contribution in [3.05, 3.63) is 96.7 Å². The van der Waals surface area contributed by atoms with Gasteiger partial charge in [-0.2, -0.15) is 5.10 Å². The Hall–Kier alpha value is -4.59. The molecule has 1 fully saturated rings. The topological polar surface area (TPSA) is 88.5 Å². The Morgan fingerprint density at radius 1 is 0.892 bits per heavy atom. The second kappa shape index (κ2) is 11.0. The molecule has 1 aliphatic rings. The number of anilines is 1. The Labute approximate surface area is 215 Å². The number of amides is 3. The number of rotatable bonds is 6. The summed E-state index contributed by atoms with van der Waals surface area (Å²) in [6, 6.07) is 26.4. The Morgan fingerprint density at radius 2 is 1.54 bits per heavy atom. The molecular weight excluding hydrogens is 466 g/mol. The van der Waals surface area contributed by atoms with Crippen molar-refractivity contribution in [1.82, 2.24) is 20.0 Å². The minimum atomic E-state index is -0.234. The van der Waals surface area contributed by atoms with E-state index in [1.54, 1.807) is 18.0 Å². The van der Waals surface area contributed by atoms with Crippen LogP contribution in [0.15, 0.2) is 91.1 Å². The van der Waals surface area contributed by atoms with Gasteiger partial charge >= 0.3 is 6.03 Å². The zero-order valence-electron chi connectivity index (χ0n) is 20.6. The van der Waals surface area contributed by atoms with E-state index in [2.05, 4.69) is 10.6 Å². The number of hydrogen-bond acceptors (Lipinski definition) is 4. The fourth-order valence-corrected chi connectivity index (χ4v) is 4.48. The Morgan fingerprint density at radius 3 is 2.19 bits per heavy atom. The second-order valence-electron chi connectivity index (χ2n) is 8.93. The number of carbonyl (C=O) groups excluding carboxylic acids is 2. The van der Waals surface area contributed by atoms with Crippen molar-refractivity contribution in [3.63, 3.8) is 0 Å². The number of piperidine rings is 1. The molecule has 3 aromatic carbocycles. The summed E-state index contributed by atoms with van der Waals surface area (Å²) in [7, 11) is 1.62. The van der Waals surface area contributed by atoms with Crippen LogP contribution < -0.4 is 15.4 Å². The number of nitrogens with one attached hydrogen (secondary N) is 2. The summed E-state index contributed by atoms with van der Waals surface area (Å²) in [4.78, 5) is 27.9. The quantitative estimate of drug-likeness (QED) is 0.395. The predicted octanol–water partition coefficient (Wildman–Crippen LogP) is 4.97. The van der Waals surface area contributed by atoms with Crippen LogP contribution in [-0.4, -0.2) is 52.9 Å². The van der Waals surface area contributed by atoms with Gasteiger partial charge in [0.1, 0.15) is 11.4 Å². The molecule has 0 unspecified atom stereocenters. The van der Waals surface area contributed by atoms with Gasteiger partial charge in [0.05, 0.1) is 18.4 Å². The lowest BCUT2D eigenvalue weighted by Gasteiger charge is -2.32. The molecule has 2 heterocycles. The van der Waals surface area contributed by atoms with Crippen LogP contribution in [0.1, 0.15) is 23.2 Å². The summed E-state index contributed by atoms with van der Waals surface area (Å²) in [6.07, 6.45) is 3.16. The molecule has 0 bridgehead atoms. The maximum Gasteiger partial charge on any atom is 0.319 e. The van der Waals surface area contributed by atoms with Gasteiger partial charge in [0, 0.05) is 36.6 Å². The molecule has 0 radical (unpaired) electrons. The highest BCUT2D eigenvalue weighted by atomic mass is 16.5. The van der Waals surface area contributed by atoms with E-state index in [1.807, 2.05) is 89.8 Å². The average Bonchev–Trinajstić information content (AvgIpc) is 3.40. The molecule has 2 N–H and O–H groups in total. The lowest BCUT2D eigenvalue weighted by molar-refractivity contribution is 0.0709. The zero-order valence-corrected chi connectivity index (χ0v) is 20.6. The molecule has 3 amide bonds. The van der Waals surface area contributed by atoms with Crippen molar-refractivity contribution in [2.45, 2.75) is 18.9 Å². The van der Waals surface area contributed by atoms with Gasteiger partial charge in [-0.25, -0.2) is 9.48 Å². The summed E-state index contributed by atoms with van der Waals surface area (Å²) in [5.74, 6) is 0.671. The SMILES string of the molecule is COc1ccc(-c2nn(-c3ccccc3)cc2C(=O)N2CCC(NC(=O)Nc3ccccc3)CC2)cc1. The number of ether oxygens (including phenoxy) is 1. The van der Waals surface area contributed by atoms with Crippen molar-refractivity contribution < 1.29 is 14.3 Å². The van der Waals surface area contributed by atoms with Crippen molar-refractivity contribution in [3.8, 4) is 22.7 Å². The van der Waals surface area contributed by atoms with E-state index in [-0.39, 0.29) is 18.0 Å². The number of aromatic nitrogens is 2. The van der Waals surface area contributed by atoms with Crippen LogP contribution in [0.25, 0.3) is 16.9 Å². The second-order valence-corrected chi connectivity index (χ2v) is 8.93. The van der Waals surface area contributed by atoms with Gasteiger partial charge in [0.2, 0.25) is 0 Å². The first-order valence-electron chi connectivity index (χ1n) is 12.3. The van der Waals surface area contributed by atoms with Crippen LogP contribution in [0.2, 0.25) is 0 Å². The van der Waals surface area contributed by atoms with Gasteiger partial charge in [0.15, 0.2) is 0 Å². The monoisotopic (exact) mass is 495 g/mol. The number of nitrogens with zero attached hydrogens (tertiary/aromatic N) is 3. The number of methoxy groups -OCH3 is 1. The summed E-state index contributed by atoms with van der Waals surface area (Å²) < 4.78 is 7.03. The number of para-hydroxylation sites is 2. The van der Waals surface area contributed by atoms with E-state index in [0.29, 0.717) is 37.2 Å². The van der Waals surface area contributed by atoms with E-state index in [4.69, 9.17) is 9.84 Å². The first-order valence-corrected chi connectivity index (χ1v) is 12.3. The van der Waals surface area contributed by atoms with Gasteiger partial charge < -0.3 is 20.3 Å². The number of hydrogen-bond donors (Lipinski definition) is 2. The maximum atomic E-state index is 13.7. The smallest absolute Gasteiger partial charge is 0.319 e. The molecule has 0 atom stereocenters. The van der Waals surface area contributed by atoms with Gasteiger partial charge in [0.25, 0.3) is 5.91 Å². The minimum absolute atomic E-state index is 0.000799. The molecule has 1 aromatic heterocycles. The molecule has 0 aliphatic carbocycles. The normalized spacial score (nSPS) is 13.7. The molecular formula is C29H29N5O3. The van der Waals surface area contributed by atoms with Crippen LogP contribution in [-0.2, 0) is 0 Å².